The Hall–Kier alpha value is -2.82. The zero-order valence-electron chi connectivity index (χ0n) is 14.2. The molecule has 0 radical (unpaired) electrons. The number of nitrogens with zero attached hydrogens (tertiary/aromatic N) is 1. The van der Waals surface area contributed by atoms with Gasteiger partial charge < -0.3 is 15.4 Å². The van der Waals surface area contributed by atoms with E-state index in [1.807, 2.05) is 37.3 Å². The van der Waals surface area contributed by atoms with Crippen molar-refractivity contribution in [3.8, 4) is 16.9 Å². The van der Waals surface area contributed by atoms with Gasteiger partial charge in [-0.1, -0.05) is 18.2 Å². The van der Waals surface area contributed by atoms with Gasteiger partial charge in [-0.05, 0) is 47.9 Å². The summed E-state index contributed by atoms with van der Waals surface area (Å²) in [5.41, 5.74) is 8.93. The first-order chi connectivity index (χ1) is 11.4. The third-order valence-corrected chi connectivity index (χ3v) is 3.92. The number of carbonyl (C=O) groups excluding carboxylic acids is 2. The van der Waals surface area contributed by atoms with E-state index >= 15 is 0 Å². The maximum absolute atomic E-state index is 12.3. The number of nitrogens with two attached hydrogens (primary N) is 1. The highest BCUT2D eigenvalue weighted by atomic mass is 16.5. The Balaban J connectivity index is 2.15. The highest BCUT2D eigenvalue weighted by Crippen LogP contribution is 2.27. The summed E-state index contributed by atoms with van der Waals surface area (Å²) >= 11 is 0. The second kappa shape index (κ2) is 7.64. The predicted octanol–water partition coefficient (Wildman–Crippen LogP) is 2.62. The summed E-state index contributed by atoms with van der Waals surface area (Å²) < 4.78 is 5.22. The van der Waals surface area contributed by atoms with Crippen molar-refractivity contribution in [2.45, 2.75) is 13.3 Å². The SMILES string of the molecule is COc1ccc(-c2ccc(C(=O)N(C)CCC(N)=O)cc2)c(C)c1. The first kappa shape index (κ1) is 17.5. The third-order valence-electron chi connectivity index (χ3n) is 3.92. The number of methoxy groups -OCH3 is 1. The third kappa shape index (κ3) is 4.13. The van der Waals surface area contributed by atoms with Crippen molar-refractivity contribution in [1.82, 2.24) is 4.90 Å². The van der Waals surface area contributed by atoms with Crippen LogP contribution in [0.1, 0.15) is 22.3 Å². The van der Waals surface area contributed by atoms with Crippen molar-refractivity contribution in [2.75, 3.05) is 20.7 Å². The number of primary amides is 1. The zero-order valence-corrected chi connectivity index (χ0v) is 14.2. The van der Waals surface area contributed by atoms with Crippen LogP contribution in [0.25, 0.3) is 11.1 Å². The second-order valence-corrected chi connectivity index (χ2v) is 5.70. The van der Waals surface area contributed by atoms with Crippen LogP contribution in [-0.4, -0.2) is 37.4 Å². The average molecular weight is 326 g/mol. The molecule has 2 amide bonds. The van der Waals surface area contributed by atoms with Crippen LogP contribution in [-0.2, 0) is 4.79 Å². The lowest BCUT2D eigenvalue weighted by atomic mass is 9.99. The second-order valence-electron chi connectivity index (χ2n) is 5.70. The van der Waals surface area contributed by atoms with Crippen LogP contribution in [0.3, 0.4) is 0 Å². The largest absolute Gasteiger partial charge is 0.497 e. The van der Waals surface area contributed by atoms with Gasteiger partial charge in [0.2, 0.25) is 5.91 Å². The quantitative estimate of drug-likeness (QED) is 0.887. The molecule has 2 aromatic carbocycles. The smallest absolute Gasteiger partial charge is 0.253 e. The van der Waals surface area contributed by atoms with E-state index in [-0.39, 0.29) is 12.3 Å². The number of rotatable bonds is 6. The number of hydrogen-bond donors (Lipinski definition) is 1. The van der Waals surface area contributed by atoms with Crippen LogP contribution in [0, 0.1) is 6.92 Å². The van der Waals surface area contributed by atoms with Gasteiger partial charge in [0.1, 0.15) is 5.75 Å². The monoisotopic (exact) mass is 326 g/mol. The number of ether oxygens (including phenoxy) is 1. The lowest BCUT2D eigenvalue weighted by Gasteiger charge is -2.16. The van der Waals surface area contributed by atoms with Crippen LogP contribution in [0.5, 0.6) is 5.75 Å². The molecule has 0 aliphatic carbocycles. The Morgan fingerprint density at radius 3 is 2.33 bits per heavy atom. The van der Waals surface area contributed by atoms with E-state index in [0.717, 1.165) is 22.4 Å². The molecule has 0 aliphatic heterocycles. The highest BCUT2D eigenvalue weighted by molar-refractivity contribution is 5.94. The minimum atomic E-state index is -0.417. The lowest BCUT2D eigenvalue weighted by molar-refractivity contribution is -0.118. The summed E-state index contributed by atoms with van der Waals surface area (Å²) in [4.78, 5) is 24.6. The normalized spacial score (nSPS) is 10.3. The lowest BCUT2D eigenvalue weighted by Crippen LogP contribution is -2.30. The van der Waals surface area contributed by atoms with Crippen molar-refractivity contribution in [3.05, 3.63) is 53.6 Å². The molecule has 2 N–H and O–H groups in total. The summed E-state index contributed by atoms with van der Waals surface area (Å²) in [6.07, 6.45) is 0.158. The van der Waals surface area contributed by atoms with Crippen molar-refractivity contribution in [3.63, 3.8) is 0 Å². The Bertz CT molecular complexity index is 739. The fraction of sp³-hybridized carbons (Fsp3) is 0.263. The van der Waals surface area contributed by atoms with E-state index in [1.54, 1.807) is 26.3 Å². The number of carbonyl (C=O) groups is 2. The first-order valence-electron chi connectivity index (χ1n) is 7.71. The summed E-state index contributed by atoms with van der Waals surface area (Å²) in [5.74, 6) is 0.272. The Morgan fingerprint density at radius 2 is 1.79 bits per heavy atom. The number of aryl methyl sites for hydroxylation is 1. The molecule has 0 heterocycles. The van der Waals surface area contributed by atoms with E-state index < -0.39 is 5.91 Å². The van der Waals surface area contributed by atoms with Crippen LogP contribution < -0.4 is 10.5 Å². The van der Waals surface area contributed by atoms with Crippen molar-refractivity contribution in [2.24, 2.45) is 5.73 Å². The molecule has 0 bridgehead atoms. The molecule has 2 aromatic rings. The van der Waals surface area contributed by atoms with Crippen molar-refractivity contribution >= 4 is 11.8 Å². The maximum Gasteiger partial charge on any atom is 0.253 e. The Kier molecular flexibility index (Phi) is 5.58. The fourth-order valence-electron chi connectivity index (χ4n) is 2.48. The van der Waals surface area contributed by atoms with Crippen molar-refractivity contribution in [1.29, 1.82) is 0 Å². The number of benzene rings is 2. The van der Waals surface area contributed by atoms with Gasteiger partial charge in [-0.25, -0.2) is 0 Å². The molecule has 5 nitrogen and oxygen atoms in total. The fourth-order valence-corrected chi connectivity index (χ4v) is 2.48. The van der Waals surface area contributed by atoms with Gasteiger partial charge in [-0.2, -0.15) is 0 Å². The van der Waals surface area contributed by atoms with E-state index in [2.05, 4.69) is 0 Å². The first-order valence-corrected chi connectivity index (χ1v) is 7.71. The van der Waals surface area contributed by atoms with Crippen LogP contribution in [0.15, 0.2) is 42.5 Å². The molecular formula is C19H22N2O3. The number of amides is 2. The Labute approximate surface area is 142 Å². The minimum Gasteiger partial charge on any atom is -0.497 e. The molecule has 0 atom stereocenters. The summed E-state index contributed by atoms with van der Waals surface area (Å²) in [6.45, 7) is 2.34. The van der Waals surface area contributed by atoms with Gasteiger partial charge in [-0.15, -0.1) is 0 Å². The van der Waals surface area contributed by atoms with E-state index in [9.17, 15) is 9.59 Å². The highest BCUT2D eigenvalue weighted by Gasteiger charge is 2.12. The summed E-state index contributed by atoms with van der Waals surface area (Å²) in [7, 11) is 3.30. The molecule has 0 saturated heterocycles. The molecule has 24 heavy (non-hydrogen) atoms. The van der Waals surface area contributed by atoms with Crippen molar-refractivity contribution < 1.29 is 14.3 Å². The maximum atomic E-state index is 12.3. The Morgan fingerprint density at radius 1 is 1.12 bits per heavy atom. The van der Waals surface area contributed by atoms with Gasteiger partial charge in [0.25, 0.3) is 5.91 Å². The molecule has 0 aliphatic rings. The molecule has 5 heteroatoms. The van der Waals surface area contributed by atoms with E-state index in [0.29, 0.717) is 12.1 Å². The molecule has 0 aromatic heterocycles. The molecule has 0 unspecified atom stereocenters. The minimum absolute atomic E-state index is 0.130. The van der Waals surface area contributed by atoms with E-state index in [1.165, 1.54) is 4.90 Å². The van der Waals surface area contributed by atoms with Gasteiger partial charge in [0, 0.05) is 25.6 Å². The average Bonchev–Trinajstić information content (AvgIpc) is 2.59. The summed E-state index contributed by atoms with van der Waals surface area (Å²) in [5, 5.41) is 0. The van der Waals surface area contributed by atoms with Crippen LogP contribution in [0.4, 0.5) is 0 Å². The molecule has 0 fully saturated rings. The number of hydrogen-bond acceptors (Lipinski definition) is 3. The predicted molar refractivity (Wildman–Crippen MR) is 93.9 cm³/mol. The van der Waals surface area contributed by atoms with Gasteiger partial charge in [-0.3, -0.25) is 9.59 Å². The van der Waals surface area contributed by atoms with Gasteiger partial charge >= 0.3 is 0 Å². The zero-order chi connectivity index (χ0) is 17.7. The van der Waals surface area contributed by atoms with Crippen LogP contribution in [0.2, 0.25) is 0 Å². The van der Waals surface area contributed by atoms with E-state index in [4.69, 9.17) is 10.5 Å². The topological polar surface area (TPSA) is 72.6 Å². The van der Waals surface area contributed by atoms with Gasteiger partial charge in [0.05, 0.1) is 7.11 Å². The molecule has 0 spiro atoms. The molecule has 2 rings (SSSR count). The molecule has 0 saturated carbocycles. The molecular weight excluding hydrogens is 304 g/mol. The van der Waals surface area contributed by atoms with Gasteiger partial charge in [0.15, 0.2) is 0 Å². The summed E-state index contributed by atoms with van der Waals surface area (Å²) in [6, 6.07) is 13.3. The molecule has 126 valence electrons. The standard InChI is InChI=1S/C19H22N2O3/c1-13-12-16(24-3)8-9-17(13)14-4-6-15(7-5-14)19(23)21(2)11-10-18(20)22/h4-9,12H,10-11H2,1-3H3,(H2,20,22). The van der Waals surface area contributed by atoms with Crippen LogP contribution >= 0.6 is 0 Å².